The van der Waals surface area contributed by atoms with E-state index in [1.807, 2.05) is 24.3 Å². The van der Waals surface area contributed by atoms with Gasteiger partial charge in [-0.15, -0.1) is 0 Å². The Bertz CT molecular complexity index is 1020. The molecule has 1 aliphatic carbocycles. The molecule has 166 valence electrons. The van der Waals surface area contributed by atoms with Gasteiger partial charge in [0.15, 0.2) is 5.17 Å². The summed E-state index contributed by atoms with van der Waals surface area (Å²) < 4.78 is 54.7. The summed E-state index contributed by atoms with van der Waals surface area (Å²) in [6, 6.07) is 11.8. The molecule has 0 aromatic heterocycles. The van der Waals surface area contributed by atoms with E-state index >= 15 is 8.78 Å². The zero-order valence-corrected chi connectivity index (χ0v) is 19.6. The molecule has 0 unspecified atom stereocenters. The summed E-state index contributed by atoms with van der Waals surface area (Å²) in [5.41, 5.74) is -0.387. The third kappa shape index (κ3) is 3.64. The van der Waals surface area contributed by atoms with Crippen LogP contribution in [0, 0.1) is 11.7 Å². The van der Waals surface area contributed by atoms with E-state index in [0.29, 0.717) is 16.2 Å². The zero-order chi connectivity index (χ0) is 22.4. The average Bonchev–Trinajstić information content (AvgIpc) is 3.24. The molecule has 1 saturated carbocycles. The topological polar surface area (TPSA) is 42.8 Å². The first-order chi connectivity index (χ1) is 14.7. The largest absolute Gasteiger partial charge is 0.497 e. The fraction of sp³-hybridized carbons (Fsp3) is 0.409. The number of aliphatic imine (C=N–C) groups is 1. The number of rotatable bonds is 6. The SMILES string of the molecule is COC[C@@]12SC(NCc3ccc(OC)cc3)=N[C@](C)(c3cc(Br)ccc3F)[C@@H]1C2(F)F. The van der Waals surface area contributed by atoms with Crippen molar-refractivity contribution in [2.45, 2.75) is 29.7 Å². The number of thioether (sulfide) groups is 1. The van der Waals surface area contributed by atoms with Gasteiger partial charge in [0.2, 0.25) is 0 Å². The Kier molecular flexibility index (Phi) is 5.81. The summed E-state index contributed by atoms with van der Waals surface area (Å²) in [5.74, 6) is -4.09. The summed E-state index contributed by atoms with van der Waals surface area (Å²) >= 11 is 4.30. The lowest BCUT2D eigenvalue weighted by Gasteiger charge is -2.33. The van der Waals surface area contributed by atoms with Crippen LogP contribution < -0.4 is 10.1 Å². The lowest BCUT2D eigenvalue weighted by atomic mass is 9.85. The minimum absolute atomic E-state index is 0.133. The maximum Gasteiger partial charge on any atom is 0.272 e. The molecular formula is C22H22BrF3N2O2S. The minimum atomic E-state index is -3.07. The van der Waals surface area contributed by atoms with Crippen LogP contribution in [0.4, 0.5) is 13.2 Å². The predicted octanol–water partition coefficient (Wildman–Crippen LogP) is 5.35. The first kappa shape index (κ1) is 22.5. The van der Waals surface area contributed by atoms with Gasteiger partial charge in [0.25, 0.3) is 5.92 Å². The van der Waals surface area contributed by atoms with Crippen molar-refractivity contribution in [3.8, 4) is 5.75 Å². The molecule has 2 aromatic carbocycles. The van der Waals surface area contributed by atoms with Gasteiger partial charge in [0.1, 0.15) is 16.3 Å². The molecule has 4 nitrogen and oxygen atoms in total. The van der Waals surface area contributed by atoms with Gasteiger partial charge in [0, 0.05) is 23.7 Å². The van der Waals surface area contributed by atoms with Crippen molar-refractivity contribution in [2.75, 3.05) is 20.8 Å². The van der Waals surface area contributed by atoms with Crippen LogP contribution in [-0.4, -0.2) is 36.7 Å². The van der Waals surface area contributed by atoms with E-state index in [9.17, 15) is 4.39 Å². The Labute approximate surface area is 191 Å². The van der Waals surface area contributed by atoms with Gasteiger partial charge in [-0.3, -0.25) is 4.99 Å². The molecule has 1 heterocycles. The third-order valence-electron chi connectivity index (χ3n) is 5.92. The molecule has 0 amide bonds. The van der Waals surface area contributed by atoms with E-state index in [1.54, 1.807) is 20.1 Å². The summed E-state index contributed by atoms with van der Waals surface area (Å²) in [4.78, 5) is 4.63. The van der Waals surface area contributed by atoms with Crippen LogP contribution >= 0.6 is 27.7 Å². The van der Waals surface area contributed by atoms with E-state index < -0.39 is 27.9 Å². The van der Waals surface area contributed by atoms with Crippen molar-refractivity contribution in [3.05, 3.63) is 63.9 Å². The number of amidine groups is 1. The van der Waals surface area contributed by atoms with Crippen molar-refractivity contribution >= 4 is 32.9 Å². The van der Waals surface area contributed by atoms with Crippen LogP contribution in [0.25, 0.3) is 0 Å². The van der Waals surface area contributed by atoms with Crippen molar-refractivity contribution in [1.82, 2.24) is 5.32 Å². The predicted molar refractivity (Wildman–Crippen MR) is 119 cm³/mol. The van der Waals surface area contributed by atoms with Crippen LogP contribution in [0.15, 0.2) is 51.9 Å². The Morgan fingerprint density at radius 2 is 1.87 bits per heavy atom. The van der Waals surface area contributed by atoms with Crippen molar-refractivity contribution in [3.63, 3.8) is 0 Å². The molecule has 2 aromatic rings. The van der Waals surface area contributed by atoms with Gasteiger partial charge in [-0.05, 0) is 42.8 Å². The summed E-state index contributed by atoms with van der Waals surface area (Å²) in [6.45, 7) is 1.79. The third-order valence-corrected chi connectivity index (χ3v) is 7.83. The summed E-state index contributed by atoms with van der Waals surface area (Å²) in [7, 11) is 2.98. The number of halogens is 4. The Morgan fingerprint density at radius 3 is 2.52 bits per heavy atom. The summed E-state index contributed by atoms with van der Waals surface area (Å²) in [6.07, 6.45) is 0. The molecule has 9 heteroatoms. The van der Waals surface area contributed by atoms with E-state index in [2.05, 4.69) is 26.2 Å². The number of ether oxygens (including phenoxy) is 2. The van der Waals surface area contributed by atoms with Gasteiger partial charge < -0.3 is 14.8 Å². The maximum atomic E-state index is 15.2. The molecule has 0 radical (unpaired) electrons. The van der Waals surface area contributed by atoms with E-state index in [-0.39, 0.29) is 12.2 Å². The van der Waals surface area contributed by atoms with Crippen LogP contribution in [0.5, 0.6) is 5.75 Å². The number of nitrogens with one attached hydrogen (secondary N) is 1. The van der Waals surface area contributed by atoms with E-state index in [0.717, 1.165) is 23.1 Å². The highest BCUT2D eigenvalue weighted by molar-refractivity contribution is 9.10. The number of hydrogen-bond acceptors (Lipinski definition) is 5. The molecule has 2 aliphatic rings. The van der Waals surface area contributed by atoms with Crippen LogP contribution in [0.1, 0.15) is 18.1 Å². The molecule has 31 heavy (non-hydrogen) atoms. The molecule has 1 fully saturated rings. The fourth-order valence-corrected chi connectivity index (χ4v) is 6.31. The Balaban J connectivity index is 1.70. The molecular weight excluding hydrogens is 493 g/mol. The van der Waals surface area contributed by atoms with Gasteiger partial charge in [0.05, 0.1) is 25.2 Å². The molecule has 0 bridgehead atoms. The fourth-order valence-electron chi connectivity index (χ4n) is 4.36. The Morgan fingerprint density at radius 1 is 1.16 bits per heavy atom. The smallest absolute Gasteiger partial charge is 0.272 e. The second-order valence-corrected chi connectivity index (χ2v) is 10.1. The Hall–Kier alpha value is -1.71. The number of nitrogens with zero attached hydrogens (tertiary/aromatic N) is 1. The highest BCUT2D eigenvalue weighted by Gasteiger charge is 2.88. The number of benzene rings is 2. The lowest BCUT2D eigenvalue weighted by molar-refractivity contribution is 0.0637. The number of fused-ring (bicyclic) bond motifs is 1. The second kappa shape index (κ2) is 8.01. The second-order valence-electron chi connectivity index (χ2n) is 7.87. The molecule has 3 atom stereocenters. The van der Waals surface area contributed by atoms with Gasteiger partial charge in [-0.25, -0.2) is 13.2 Å². The van der Waals surface area contributed by atoms with Gasteiger partial charge >= 0.3 is 0 Å². The minimum Gasteiger partial charge on any atom is -0.497 e. The number of methoxy groups -OCH3 is 2. The first-order valence-electron chi connectivity index (χ1n) is 9.66. The monoisotopic (exact) mass is 514 g/mol. The highest BCUT2D eigenvalue weighted by atomic mass is 79.9. The van der Waals surface area contributed by atoms with E-state index in [1.165, 1.54) is 19.2 Å². The van der Waals surface area contributed by atoms with Crippen molar-refractivity contribution in [1.29, 1.82) is 0 Å². The highest BCUT2D eigenvalue weighted by Crippen LogP contribution is 2.74. The average molecular weight is 515 g/mol. The number of hydrogen-bond donors (Lipinski definition) is 1. The van der Waals surface area contributed by atoms with Crippen molar-refractivity contribution in [2.24, 2.45) is 10.9 Å². The molecule has 0 saturated heterocycles. The van der Waals surface area contributed by atoms with Crippen LogP contribution in [-0.2, 0) is 16.8 Å². The van der Waals surface area contributed by atoms with Crippen LogP contribution in [0.2, 0.25) is 0 Å². The lowest BCUT2D eigenvalue weighted by Crippen LogP contribution is -2.39. The first-order valence-corrected chi connectivity index (χ1v) is 11.3. The van der Waals surface area contributed by atoms with Gasteiger partial charge in [-0.1, -0.05) is 39.8 Å². The van der Waals surface area contributed by atoms with Gasteiger partial charge in [-0.2, -0.15) is 0 Å². The molecule has 1 aliphatic heterocycles. The zero-order valence-electron chi connectivity index (χ0n) is 17.2. The normalized spacial score (nSPS) is 28.5. The molecule has 1 N–H and O–H groups in total. The summed E-state index contributed by atoms with van der Waals surface area (Å²) in [5, 5.41) is 3.50. The van der Waals surface area contributed by atoms with Crippen LogP contribution in [0.3, 0.4) is 0 Å². The quantitative estimate of drug-likeness (QED) is 0.563. The van der Waals surface area contributed by atoms with E-state index in [4.69, 9.17) is 9.47 Å². The maximum absolute atomic E-state index is 15.2. The molecule has 0 spiro atoms. The number of alkyl halides is 2. The standard InChI is InChI=1S/C22H22BrF3N2O2S/c1-20(16-10-14(23)6-9-17(16)24)18-21(12-29-2,22(18,25)26)31-19(28-20)27-11-13-4-7-15(30-3)8-5-13/h4-10,18H,11-12H2,1-3H3,(H,27,28)/t18-,20+,21+/m0/s1. The molecule has 4 rings (SSSR count). The van der Waals surface area contributed by atoms with Crippen molar-refractivity contribution < 1.29 is 22.6 Å².